The quantitative estimate of drug-likeness (QED) is 0.277. The lowest BCUT2D eigenvalue weighted by Crippen LogP contribution is -2.03. The topological polar surface area (TPSA) is 66.2 Å². The van der Waals surface area contributed by atoms with E-state index in [1.165, 1.54) is 7.11 Å². The normalized spacial score (nSPS) is 10.8. The zero-order valence-corrected chi connectivity index (χ0v) is 19.0. The molecule has 0 aliphatic rings. The van der Waals surface area contributed by atoms with Crippen LogP contribution in [-0.4, -0.2) is 35.0 Å². The van der Waals surface area contributed by atoms with Crippen LogP contribution in [0.4, 0.5) is 0 Å². The van der Waals surface area contributed by atoms with E-state index in [1.807, 2.05) is 53.3 Å². The highest BCUT2D eigenvalue weighted by Gasteiger charge is 2.20. The smallest absolute Gasteiger partial charge is 0.337 e. The highest BCUT2D eigenvalue weighted by molar-refractivity contribution is 7.98. The summed E-state index contributed by atoms with van der Waals surface area (Å²) in [6, 6.07) is 17.5. The average Bonchev–Trinajstić information content (AvgIpc) is 3.47. The molecule has 0 radical (unpaired) electrons. The average molecular weight is 452 g/mol. The first-order valence-corrected chi connectivity index (χ1v) is 11.4. The van der Waals surface area contributed by atoms with Crippen LogP contribution in [0.3, 0.4) is 0 Å². The van der Waals surface area contributed by atoms with E-state index in [9.17, 15) is 4.79 Å². The molecule has 4 rings (SSSR count). The van der Waals surface area contributed by atoms with Crippen molar-refractivity contribution >= 4 is 29.1 Å². The second kappa shape index (κ2) is 9.36. The van der Waals surface area contributed by atoms with Crippen LogP contribution < -0.4 is 4.74 Å². The van der Waals surface area contributed by atoms with Gasteiger partial charge in [-0.05, 0) is 53.8 Å². The minimum absolute atomic E-state index is 0.342. The summed E-state index contributed by atoms with van der Waals surface area (Å²) in [6.45, 7) is 2.05. The third-order valence-electron chi connectivity index (χ3n) is 4.69. The maximum atomic E-state index is 11.6. The first-order chi connectivity index (χ1) is 15.1. The van der Waals surface area contributed by atoms with Crippen LogP contribution in [0.5, 0.6) is 5.75 Å². The van der Waals surface area contributed by atoms with Crippen LogP contribution in [0.2, 0.25) is 0 Å². The fourth-order valence-electron chi connectivity index (χ4n) is 3.12. The van der Waals surface area contributed by atoms with Crippen molar-refractivity contribution in [3.63, 3.8) is 0 Å². The number of ether oxygens (including phenoxy) is 2. The summed E-state index contributed by atoms with van der Waals surface area (Å²) in [6.07, 6.45) is 0. The number of carbonyl (C=O) groups is 1. The van der Waals surface area contributed by atoms with Crippen molar-refractivity contribution < 1.29 is 14.3 Å². The van der Waals surface area contributed by atoms with Gasteiger partial charge >= 0.3 is 5.97 Å². The Morgan fingerprint density at radius 1 is 1.10 bits per heavy atom. The molecular formula is C23H21N3O3S2. The number of thioether (sulfide) groups is 1. The summed E-state index contributed by atoms with van der Waals surface area (Å²) < 4.78 is 12.4. The van der Waals surface area contributed by atoms with E-state index in [4.69, 9.17) is 9.47 Å². The van der Waals surface area contributed by atoms with E-state index in [0.717, 1.165) is 38.4 Å². The van der Waals surface area contributed by atoms with E-state index in [2.05, 4.69) is 16.3 Å². The van der Waals surface area contributed by atoms with Crippen LogP contribution in [0.1, 0.15) is 21.5 Å². The Bertz CT molecular complexity index is 1190. The Kier molecular flexibility index (Phi) is 6.39. The number of aromatic nitrogens is 3. The lowest BCUT2D eigenvalue weighted by atomic mass is 10.1. The molecule has 4 aromatic rings. The molecule has 2 aromatic carbocycles. The van der Waals surface area contributed by atoms with Gasteiger partial charge in [0.15, 0.2) is 11.0 Å². The summed E-state index contributed by atoms with van der Waals surface area (Å²) in [4.78, 5) is 12.7. The van der Waals surface area contributed by atoms with E-state index in [-0.39, 0.29) is 5.97 Å². The molecule has 0 unspecified atom stereocenters. The molecule has 0 atom stereocenters. The van der Waals surface area contributed by atoms with Gasteiger partial charge in [0.2, 0.25) is 0 Å². The summed E-state index contributed by atoms with van der Waals surface area (Å²) in [7, 11) is 3.04. The van der Waals surface area contributed by atoms with Gasteiger partial charge in [-0.25, -0.2) is 4.79 Å². The van der Waals surface area contributed by atoms with Crippen LogP contribution >= 0.6 is 23.1 Å². The molecule has 8 heteroatoms. The zero-order valence-electron chi connectivity index (χ0n) is 17.4. The largest absolute Gasteiger partial charge is 0.495 e. The number of thiophene rings is 1. The van der Waals surface area contributed by atoms with Crippen molar-refractivity contribution in [2.45, 2.75) is 17.8 Å². The third-order valence-corrected chi connectivity index (χ3v) is 6.56. The maximum absolute atomic E-state index is 11.6. The molecule has 0 bridgehead atoms. The molecule has 0 N–H and O–H groups in total. The minimum atomic E-state index is -0.342. The number of esters is 1. The van der Waals surface area contributed by atoms with Crippen molar-refractivity contribution in [1.82, 2.24) is 14.8 Å². The maximum Gasteiger partial charge on any atom is 0.337 e. The lowest BCUT2D eigenvalue weighted by molar-refractivity contribution is 0.0600. The van der Waals surface area contributed by atoms with Crippen molar-refractivity contribution in [2.75, 3.05) is 14.2 Å². The van der Waals surface area contributed by atoms with Gasteiger partial charge in [0.25, 0.3) is 0 Å². The number of hydrogen-bond acceptors (Lipinski definition) is 7. The van der Waals surface area contributed by atoms with Crippen molar-refractivity contribution in [2.24, 2.45) is 0 Å². The van der Waals surface area contributed by atoms with Gasteiger partial charge in [0.1, 0.15) is 5.75 Å². The van der Waals surface area contributed by atoms with Gasteiger partial charge in [-0.1, -0.05) is 36.0 Å². The molecule has 31 heavy (non-hydrogen) atoms. The molecule has 0 aliphatic heterocycles. The SMILES string of the molecule is COC(=O)c1ccc(CSc2nnc(-c3cccs3)n2-c2cc(C)ccc2OC)cc1. The minimum Gasteiger partial charge on any atom is -0.495 e. The van der Waals surface area contributed by atoms with Crippen molar-refractivity contribution in [3.05, 3.63) is 76.7 Å². The Morgan fingerprint density at radius 2 is 1.90 bits per heavy atom. The summed E-state index contributed by atoms with van der Waals surface area (Å²) in [5.74, 6) is 1.87. The van der Waals surface area contributed by atoms with Crippen LogP contribution in [0.25, 0.3) is 16.4 Å². The predicted molar refractivity (Wildman–Crippen MR) is 123 cm³/mol. The number of nitrogens with zero attached hydrogens (tertiary/aromatic N) is 3. The van der Waals surface area contributed by atoms with E-state index >= 15 is 0 Å². The van der Waals surface area contributed by atoms with E-state index in [0.29, 0.717) is 11.3 Å². The molecule has 2 aromatic heterocycles. The number of carbonyl (C=O) groups excluding carboxylic acids is 1. The summed E-state index contributed by atoms with van der Waals surface area (Å²) in [5.41, 5.74) is 3.63. The number of aryl methyl sites for hydroxylation is 1. The molecule has 0 saturated heterocycles. The predicted octanol–water partition coefficient (Wildman–Crippen LogP) is 5.39. The molecule has 0 saturated carbocycles. The van der Waals surface area contributed by atoms with Crippen LogP contribution in [0, 0.1) is 6.92 Å². The summed E-state index contributed by atoms with van der Waals surface area (Å²) >= 11 is 3.20. The molecule has 0 fully saturated rings. The van der Waals surface area contributed by atoms with Gasteiger partial charge in [-0.2, -0.15) is 0 Å². The third kappa shape index (κ3) is 4.50. The van der Waals surface area contributed by atoms with E-state index in [1.54, 1.807) is 42.3 Å². The van der Waals surface area contributed by atoms with Gasteiger partial charge in [0, 0.05) is 5.75 Å². The Labute approximate surface area is 188 Å². The summed E-state index contributed by atoms with van der Waals surface area (Å²) in [5, 5.41) is 11.8. The molecule has 2 heterocycles. The van der Waals surface area contributed by atoms with Gasteiger partial charge < -0.3 is 9.47 Å². The number of rotatable bonds is 7. The molecule has 0 spiro atoms. The van der Waals surface area contributed by atoms with Crippen molar-refractivity contribution in [1.29, 1.82) is 0 Å². The zero-order chi connectivity index (χ0) is 21.8. The van der Waals surface area contributed by atoms with Crippen LogP contribution in [-0.2, 0) is 10.5 Å². The monoisotopic (exact) mass is 451 g/mol. The van der Waals surface area contributed by atoms with Gasteiger partial charge in [-0.15, -0.1) is 21.5 Å². The van der Waals surface area contributed by atoms with Gasteiger partial charge in [0.05, 0.1) is 30.3 Å². The highest BCUT2D eigenvalue weighted by Crippen LogP contribution is 2.35. The standard InChI is InChI=1S/C23H21N3O3S2/c1-15-6-11-19(28-2)18(13-15)26-21(20-5-4-12-30-20)24-25-23(26)31-14-16-7-9-17(10-8-16)22(27)29-3/h4-13H,14H2,1-3H3. The Morgan fingerprint density at radius 3 is 2.58 bits per heavy atom. The second-order valence-electron chi connectivity index (χ2n) is 6.77. The lowest BCUT2D eigenvalue weighted by Gasteiger charge is -2.14. The second-order valence-corrected chi connectivity index (χ2v) is 8.66. The Hall–Kier alpha value is -3.10. The fraction of sp³-hybridized carbons (Fsp3) is 0.174. The number of benzene rings is 2. The molecule has 0 amide bonds. The highest BCUT2D eigenvalue weighted by atomic mass is 32.2. The molecule has 0 aliphatic carbocycles. The fourth-order valence-corrected chi connectivity index (χ4v) is 4.72. The number of hydrogen-bond donors (Lipinski definition) is 0. The van der Waals surface area contributed by atoms with E-state index < -0.39 is 0 Å². The first kappa shape index (κ1) is 21.1. The van der Waals surface area contributed by atoms with Crippen LogP contribution in [0.15, 0.2) is 65.1 Å². The molecule has 158 valence electrons. The molecular weight excluding hydrogens is 430 g/mol. The first-order valence-electron chi connectivity index (χ1n) is 9.55. The Balaban J connectivity index is 1.69. The van der Waals surface area contributed by atoms with Gasteiger partial charge in [-0.3, -0.25) is 4.57 Å². The number of methoxy groups -OCH3 is 2. The molecule has 6 nitrogen and oxygen atoms in total. The van der Waals surface area contributed by atoms with Crippen molar-refractivity contribution in [3.8, 4) is 22.1 Å².